The van der Waals surface area contributed by atoms with Crippen LogP contribution in [0.5, 0.6) is 0 Å². The minimum atomic E-state index is -0.365. The number of nitrogens with one attached hydrogen (secondary N) is 2. The lowest BCUT2D eigenvalue weighted by Crippen LogP contribution is -2.30. The lowest BCUT2D eigenvalue weighted by atomic mass is 10.2. The van der Waals surface area contributed by atoms with E-state index in [9.17, 15) is 14.4 Å². The molecule has 0 aliphatic heterocycles. The molecule has 8 heteroatoms. The Balaban J connectivity index is 1.44. The van der Waals surface area contributed by atoms with Crippen molar-refractivity contribution in [2.75, 3.05) is 10.6 Å². The molecule has 0 saturated carbocycles. The summed E-state index contributed by atoms with van der Waals surface area (Å²) >= 11 is 0. The van der Waals surface area contributed by atoms with Crippen LogP contribution in [0.2, 0.25) is 0 Å². The predicted octanol–water partition coefficient (Wildman–Crippen LogP) is 3.19. The SMILES string of the molecule is Cc1nc2ccccc2c(=O)n1CC(=O)Nc1ccc(NC(=O)c2ccco2)cc1. The Kier molecular flexibility index (Phi) is 5.13. The van der Waals surface area contributed by atoms with Crippen LogP contribution in [0.15, 0.2) is 76.1 Å². The zero-order valence-corrected chi connectivity index (χ0v) is 16.1. The van der Waals surface area contributed by atoms with E-state index in [-0.39, 0.29) is 29.7 Å². The van der Waals surface area contributed by atoms with Gasteiger partial charge in [-0.15, -0.1) is 0 Å². The Hall–Kier alpha value is -4.20. The van der Waals surface area contributed by atoms with Gasteiger partial charge in [0.15, 0.2) is 5.76 Å². The maximum atomic E-state index is 12.7. The lowest BCUT2D eigenvalue weighted by Gasteiger charge is -2.11. The summed E-state index contributed by atoms with van der Waals surface area (Å²) in [6.07, 6.45) is 1.42. The van der Waals surface area contributed by atoms with E-state index < -0.39 is 0 Å². The third-order valence-electron chi connectivity index (χ3n) is 4.53. The topological polar surface area (TPSA) is 106 Å². The minimum Gasteiger partial charge on any atom is -0.459 e. The molecule has 0 bridgehead atoms. The van der Waals surface area contributed by atoms with E-state index in [0.717, 1.165) is 0 Å². The van der Waals surface area contributed by atoms with E-state index >= 15 is 0 Å². The van der Waals surface area contributed by atoms with Crippen molar-refractivity contribution in [3.8, 4) is 0 Å². The van der Waals surface area contributed by atoms with Crippen molar-refractivity contribution in [1.29, 1.82) is 0 Å². The van der Waals surface area contributed by atoms with Gasteiger partial charge in [-0.1, -0.05) is 12.1 Å². The van der Waals surface area contributed by atoms with Crippen LogP contribution < -0.4 is 16.2 Å². The van der Waals surface area contributed by atoms with E-state index in [2.05, 4.69) is 15.6 Å². The fourth-order valence-electron chi connectivity index (χ4n) is 3.05. The smallest absolute Gasteiger partial charge is 0.291 e. The number of aromatic nitrogens is 2. The summed E-state index contributed by atoms with van der Waals surface area (Å²) in [5.74, 6) is -0.0536. The van der Waals surface area contributed by atoms with Gasteiger partial charge in [0, 0.05) is 11.4 Å². The van der Waals surface area contributed by atoms with Crippen molar-refractivity contribution in [1.82, 2.24) is 9.55 Å². The van der Waals surface area contributed by atoms with Crippen molar-refractivity contribution in [2.24, 2.45) is 0 Å². The molecule has 2 heterocycles. The fraction of sp³-hybridized carbons (Fsp3) is 0.0909. The highest BCUT2D eigenvalue weighted by molar-refractivity contribution is 6.02. The van der Waals surface area contributed by atoms with Gasteiger partial charge in [-0.05, 0) is 55.5 Å². The van der Waals surface area contributed by atoms with Crippen LogP contribution in [-0.4, -0.2) is 21.4 Å². The number of furan rings is 1. The molecule has 2 aromatic carbocycles. The number of amides is 2. The highest BCUT2D eigenvalue weighted by Gasteiger charge is 2.12. The third-order valence-corrected chi connectivity index (χ3v) is 4.53. The first-order valence-corrected chi connectivity index (χ1v) is 9.22. The first kappa shape index (κ1) is 19.1. The van der Waals surface area contributed by atoms with Crippen LogP contribution in [0.4, 0.5) is 11.4 Å². The molecule has 0 radical (unpaired) electrons. The number of fused-ring (bicyclic) bond motifs is 1. The summed E-state index contributed by atoms with van der Waals surface area (Å²) in [5.41, 5.74) is 1.43. The molecular weight excluding hydrogens is 384 g/mol. The standard InChI is InChI=1S/C22H18N4O4/c1-14-23-18-6-3-2-5-17(18)22(29)26(14)13-20(27)24-15-8-10-16(11-9-15)25-21(28)19-7-4-12-30-19/h2-12H,13H2,1H3,(H,24,27)(H,25,28). The third kappa shape index (κ3) is 3.97. The van der Waals surface area contributed by atoms with Gasteiger partial charge in [0.1, 0.15) is 12.4 Å². The van der Waals surface area contributed by atoms with Gasteiger partial charge in [0.2, 0.25) is 5.91 Å². The number of hydrogen-bond acceptors (Lipinski definition) is 5. The van der Waals surface area contributed by atoms with Gasteiger partial charge in [0.25, 0.3) is 11.5 Å². The van der Waals surface area contributed by atoms with Crippen molar-refractivity contribution < 1.29 is 14.0 Å². The molecule has 150 valence electrons. The highest BCUT2D eigenvalue weighted by atomic mass is 16.3. The molecule has 8 nitrogen and oxygen atoms in total. The summed E-state index contributed by atoms with van der Waals surface area (Å²) in [6, 6.07) is 16.9. The zero-order valence-electron chi connectivity index (χ0n) is 16.1. The number of anilines is 2. The number of aryl methyl sites for hydroxylation is 1. The summed E-state index contributed by atoms with van der Waals surface area (Å²) in [4.78, 5) is 41.5. The lowest BCUT2D eigenvalue weighted by molar-refractivity contribution is -0.116. The average molecular weight is 402 g/mol. The second kappa shape index (κ2) is 8.04. The minimum absolute atomic E-state index is 0.153. The molecule has 0 aliphatic carbocycles. The predicted molar refractivity (Wildman–Crippen MR) is 112 cm³/mol. The summed E-state index contributed by atoms with van der Waals surface area (Å²) < 4.78 is 6.39. The maximum absolute atomic E-state index is 12.7. The first-order chi connectivity index (χ1) is 14.5. The van der Waals surface area contributed by atoms with Gasteiger partial charge >= 0.3 is 0 Å². The number of carbonyl (C=O) groups is 2. The van der Waals surface area contributed by atoms with Crippen LogP contribution in [0.25, 0.3) is 10.9 Å². The molecule has 0 unspecified atom stereocenters. The van der Waals surface area contributed by atoms with Gasteiger partial charge in [0.05, 0.1) is 17.2 Å². The molecular formula is C22H18N4O4. The summed E-state index contributed by atoms with van der Waals surface area (Å²) in [7, 11) is 0. The largest absolute Gasteiger partial charge is 0.459 e. The number of carbonyl (C=O) groups excluding carboxylic acids is 2. The van der Waals surface area contributed by atoms with Gasteiger partial charge in [-0.3, -0.25) is 19.0 Å². The van der Waals surface area contributed by atoms with E-state index in [0.29, 0.717) is 28.1 Å². The van der Waals surface area contributed by atoms with Gasteiger partial charge in [-0.25, -0.2) is 4.98 Å². The van der Waals surface area contributed by atoms with E-state index in [1.807, 2.05) is 6.07 Å². The van der Waals surface area contributed by atoms with Crippen LogP contribution >= 0.6 is 0 Å². The Morgan fingerprint density at radius 2 is 1.67 bits per heavy atom. The number of para-hydroxylation sites is 1. The molecule has 0 fully saturated rings. The Bertz CT molecular complexity index is 1270. The van der Waals surface area contributed by atoms with Crippen LogP contribution in [-0.2, 0) is 11.3 Å². The van der Waals surface area contributed by atoms with E-state index in [1.54, 1.807) is 61.5 Å². The molecule has 0 atom stereocenters. The second-order valence-corrected chi connectivity index (χ2v) is 6.62. The fourth-order valence-corrected chi connectivity index (χ4v) is 3.05. The zero-order chi connectivity index (χ0) is 21.1. The van der Waals surface area contributed by atoms with Crippen molar-refractivity contribution in [3.05, 3.63) is 88.9 Å². The van der Waals surface area contributed by atoms with Crippen LogP contribution in [0, 0.1) is 6.92 Å². The quantitative estimate of drug-likeness (QED) is 0.533. The number of nitrogens with zero attached hydrogens (tertiary/aromatic N) is 2. The number of rotatable bonds is 5. The Morgan fingerprint density at radius 1 is 0.967 bits per heavy atom. The number of hydrogen-bond donors (Lipinski definition) is 2. The monoisotopic (exact) mass is 402 g/mol. The Labute approximate surface area is 171 Å². The Morgan fingerprint density at radius 3 is 2.37 bits per heavy atom. The van der Waals surface area contributed by atoms with Gasteiger partial charge < -0.3 is 15.1 Å². The molecule has 2 amide bonds. The molecule has 4 rings (SSSR count). The van der Waals surface area contributed by atoms with E-state index in [1.165, 1.54) is 10.8 Å². The molecule has 0 saturated heterocycles. The normalized spacial score (nSPS) is 10.7. The molecule has 2 N–H and O–H groups in total. The van der Waals surface area contributed by atoms with Gasteiger partial charge in [-0.2, -0.15) is 0 Å². The van der Waals surface area contributed by atoms with Crippen LogP contribution in [0.3, 0.4) is 0 Å². The second-order valence-electron chi connectivity index (χ2n) is 6.62. The van der Waals surface area contributed by atoms with Crippen molar-refractivity contribution in [3.63, 3.8) is 0 Å². The molecule has 0 spiro atoms. The molecule has 30 heavy (non-hydrogen) atoms. The van der Waals surface area contributed by atoms with Crippen molar-refractivity contribution >= 4 is 34.1 Å². The molecule has 2 aromatic heterocycles. The number of benzene rings is 2. The highest BCUT2D eigenvalue weighted by Crippen LogP contribution is 2.15. The molecule has 4 aromatic rings. The van der Waals surface area contributed by atoms with Crippen molar-refractivity contribution in [2.45, 2.75) is 13.5 Å². The maximum Gasteiger partial charge on any atom is 0.291 e. The van der Waals surface area contributed by atoms with Crippen LogP contribution in [0.1, 0.15) is 16.4 Å². The molecule has 0 aliphatic rings. The first-order valence-electron chi connectivity index (χ1n) is 9.22. The summed E-state index contributed by atoms with van der Waals surface area (Å²) in [6.45, 7) is 1.54. The average Bonchev–Trinajstić information content (AvgIpc) is 3.28. The van der Waals surface area contributed by atoms with E-state index in [4.69, 9.17) is 4.42 Å². The summed E-state index contributed by atoms with van der Waals surface area (Å²) in [5, 5.41) is 5.91.